The Hall–Kier alpha value is -3.93. The van der Waals surface area contributed by atoms with E-state index >= 15 is 0 Å². The normalized spacial score (nSPS) is 12.1. The molecule has 41 heavy (non-hydrogen) atoms. The van der Waals surface area contributed by atoms with Gasteiger partial charge in [0.05, 0.1) is 0 Å². The lowest BCUT2D eigenvalue weighted by molar-refractivity contribution is -0.127. The van der Waals surface area contributed by atoms with Crippen molar-refractivity contribution in [2.24, 2.45) is 0 Å². The third-order valence-electron chi connectivity index (χ3n) is 7.17. The van der Waals surface area contributed by atoms with Crippen LogP contribution in [0.5, 0.6) is 0 Å². The molecule has 0 fully saturated rings. The average Bonchev–Trinajstić information content (AvgIpc) is 3.30. The molecule has 1 heterocycles. The van der Waals surface area contributed by atoms with Gasteiger partial charge in [-0.1, -0.05) is 78.6 Å². The maximum Gasteiger partial charge on any atom is 0.244 e. The molecule has 6 heteroatoms. The lowest BCUT2D eigenvalue weighted by atomic mass is 10.0. The fourth-order valence-corrected chi connectivity index (χ4v) is 5.01. The van der Waals surface area contributed by atoms with Crippen LogP contribution in [0.25, 0.3) is 22.2 Å². The van der Waals surface area contributed by atoms with E-state index in [1.807, 2.05) is 37.3 Å². The van der Waals surface area contributed by atoms with Gasteiger partial charge in [0.1, 0.15) is 11.8 Å². The topological polar surface area (TPSA) is 91.1 Å². The van der Waals surface area contributed by atoms with E-state index in [-0.39, 0.29) is 17.6 Å². The molecule has 3 rings (SSSR count). The summed E-state index contributed by atoms with van der Waals surface area (Å²) in [6.07, 6.45) is 9.57. The molecule has 0 saturated carbocycles. The highest BCUT2D eigenvalue weighted by atomic mass is 16.2. The second kappa shape index (κ2) is 16.4. The lowest BCUT2D eigenvalue weighted by Gasteiger charge is -2.18. The van der Waals surface area contributed by atoms with Gasteiger partial charge in [-0.05, 0) is 77.0 Å². The SMILES string of the molecule is CC(=O)CCCCC[C@H](NC(=O)C=C(C)CCC=C(C)C)C(=O)NCCc1c(-c2ccccc2)[nH]c2ccccc12. The van der Waals surface area contributed by atoms with Gasteiger partial charge in [-0.3, -0.25) is 9.59 Å². The minimum atomic E-state index is -0.627. The largest absolute Gasteiger partial charge is 0.354 e. The Bertz CT molecular complexity index is 1360. The summed E-state index contributed by atoms with van der Waals surface area (Å²) < 4.78 is 0. The van der Waals surface area contributed by atoms with Gasteiger partial charge in [0.2, 0.25) is 11.8 Å². The molecule has 6 nitrogen and oxygen atoms in total. The Morgan fingerprint density at radius 2 is 1.61 bits per heavy atom. The minimum Gasteiger partial charge on any atom is -0.354 e. The third-order valence-corrected chi connectivity index (χ3v) is 7.17. The first-order chi connectivity index (χ1) is 19.7. The molecule has 2 amide bonds. The van der Waals surface area contributed by atoms with Crippen molar-refractivity contribution in [3.8, 4) is 11.3 Å². The van der Waals surface area contributed by atoms with Crippen molar-refractivity contribution in [2.45, 2.75) is 85.1 Å². The molecule has 218 valence electrons. The van der Waals surface area contributed by atoms with Crippen LogP contribution in [0.4, 0.5) is 0 Å². The average molecular weight is 556 g/mol. The van der Waals surface area contributed by atoms with Crippen LogP contribution in [-0.2, 0) is 20.8 Å². The number of aromatic amines is 1. The summed E-state index contributed by atoms with van der Waals surface area (Å²) in [6, 6.07) is 17.8. The van der Waals surface area contributed by atoms with Gasteiger partial charge in [0, 0.05) is 35.6 Å². The van der Waals surface area contributed by atoms with E-state index in [0.29, 0.717) is 25.8 Å². The van der Waals surface area contributed by atoms with Crippen LogP contribution in [0.2, 0.25) is 0 Å². The number of carbonyl (C=O) groups excluding carboxylic acids is 3. The first kappa shape index (κ1) is 31.6. The predicted molar refractivity (Wildman–Crippen MR) is 169 cm³/mol. The van der Waals surface area contributed by atoms with Gasteiger partial charge in [-0.2, -0.15) is 0 Å². The number of allylic oxidation sites excluding steroid dienone is 3. The van der Waals surface area contributed by atoms with Crippen LogP contribution in [-0.4, -0.2) is 35.2 Å². The smallest absolute Gasteiger partial charge is 0.244 e. The molecule has 0 radical (unpaired) electrons. The molecule has 1 atom stereocenters. The Morgan fingerprint density at radius 1 is 0.878 bits per heavy atom. The zero-order valence-corrected chi connectivity index (χ0v) is 25.0. The number of ketones is 1. The second-order valence-corrected chi connectivity index (χ2v) is 11.1. The van der Waals surface area contributed by atoms with E-state index in [2.05, 4.69) is 59.8 Å². The number of H-pyrrole nitrogens is 1. The van der Waals surface area contributed by atoms with Gasteiger partial charge in [0.15, 0.2) is 0 Å². The van der Waals surface area contributed by atoms with Crippen molar-refractivity contribution in [2.75, 3.05) is 6.54 Å². The molecule has 0 aliphatic carbocycles. The molecular weight excluding hydrogens is 510 g/mol. The van der Waals surface area contributed by atoms with E-state index in [4.69, 9.17) is 0 Å². The summed E-state index contributed by atoms with van der Waals surface area (Å²) in [7, 11) is 0. The van der Waals surface area contributed by atoms with Crippen LogP contribution in [0, 0.1) is 0 Å². The molecule has 0 saturated heterocycles. The number of benzene rings is 2. The van der Waals surface area contributed by atoms with Crippen LogP contribution >= 0.6 is 0 Å². The Morgan fingerprint density at radius 3 is 2.34 bits per heavy atom. The minimum absolute atomic E-state index is 0.175. The highest BCUT2D eigenvalue weighted by Crippen LogP contribution is 2.30. The number of hydrogen-bond donors (Lipinski definition) is 3. The van der Waals surface area contributed by atoms with Crippen molar-refractivity contribution in [1.82, 2.24) is 15.6 Å². The van der Waals surface area contributed by atoms with Crippen molar-refractivity contribution in [3.05, 3.63) is 83.5 Å². The van der Waals surface area contributed by atoms with Crippen molar-refractivity contribution >= 4 is 28.5 Å². The first-order valence-electron chi connectivity index (χ1n) is 14.8. The summed E-state index contributed by atoms with van der Waals surface area (Å²) >= 11 is 0. The number of aromatic nitrogens is 1. The number of fused-ring (bicyclic) bond motifs is 1. The lowest BCUT2D eigenvalue weighted by Crippen LogP contribution is -2.46. The number of hydrogen-bond acceptors (Lipinski definition) is 3. The Labute approximate surface area is 244 Å². The quantitative estimate of drug-likeness (QED) is 0.0991. The summed E-state index contributed by atoms with van der Waals surface area (Å²) in [5.41, 5.74) is 6.63. The fraction of sp³-hybridized carbons (Fsp3) is 0.400. The molecule has 0 spiro atoms. The zero-order chi connectivity index (χ0) is 29.6. The van der Waals surface area contributed by atoms with Gasteiger partial charge in [-0.25, -0.2) is 0 Å². The van der Waals surface area contributed by atoms with E-state index in [1.165, 1.54) is 5.57 Å². The summed E-state index contributed by atoms with van der Waals surface area (Å²) in [4.78, 5) is 41.0. The molecule has 0 bridgehead atoms. The summed E-state index contributed by atoms with van der Waals surface area (Å²) in [6.45, 7) is 8.12. The highest BCUT2D eigenvalue weighted by molar-refractivity contribution is 5.93. The number of carbonyl (C=O) groups is 3. The fourth-order valence-electron chi connectivity index (χ4n) is 5.01. The molecular formula is C35H45N3O3. The van der Waals surface area contributed by atoms with Crippen molar-refractivity contribution < 1.29 is 14.4 Å². The van der Waals surface area contributed by atoms with E-state index in [1.54, 1.807) is 13.0 Å². The van der Waals surface area contributed by atoms with Crippen molar-refractivity contribution in [3.63, 3.8) is 0 Å². The van der Waals surface area contributed by atoms with Crippen molar-refractivity contribution in [1.29, 1.82) is 0 Å². The van der Waals surface area contributed by atoms with Gasteiger partial charge in [-0.15, -0.1) is 0 Å². The molecule has 3 N–H and O–H groups in total. The number of para-hydroxylation sites is 1. The summed E-state index contributed by atoms with van der Waals surface area (Å²) in [5, 5.41) is 7.16. The summed E-state index contributed by atoms with van der Waals surface area (Å²) in [5.74, 6) is -0.248. The molecule has 2 aromatic carbocycles. The van der Waals surface area contributed by atoms with Gasteiger partial charge >= 0.3 is 0 Å². The number of unbranched alkanes of at least 4 members (excludes halogenated alkanes) is 2. The molecule has 1 aromatic heterocycles. The number of Topliss-reactive ketones (excluding diaryl/α,β-unsaturated/α-hetero) is 1. The first-order valence-corrected chi connectivity index (χ1v) is 14.8. The predicted octanol–water partition coefficient (Wildman–Crippen LogP) is 7.21. The van der Waals surface area contributed by atoms with Gasteiger partial charge < -0.3 is 20.4 Å². The van der Waals surface area contributed by atoms with Crippen LogP contribution in [0.15, 0.2) is 77.9 Å². The maximum atomic E-state index is 13.3. The van der Waals surface area contributed by atoms with E-state index in [9.17, 15) is 14.4 Å². The number of nitrogens with one attached hydrogen (secondary N) is 3. The number of rotatable bonds is 16. The standard InChI is InChI=1S/C35H45N3O3/c1-25(2)14-13-15-26(3)24-33(40)37-32(21-10-5-7-16-27(4)39)35(41)36-23-22-30-29-19-11-12-20-31(29)38-34(30)28-17-8-6-9-18-28/h6,8-9,11-12,14,17-20,24,32,38H,5,7,10,13,15-16,21-23H2,1-4H3,(H,36,41)(H,37,40)/t32-/m0/s1. The monoisotopic (exact) mass is 555 g/mol. The zero-order valence-electron chi connectivity index (χ0n) is 25.0. The molecule has 0 unspecified atom stereocenters. The van der Waals surface area contributed by atoms with Crippen LogP contribution in [0.1, 0.15) is 78.2 Å². The highest BCUT2D eigenvalue weighted by Gasteiger charge is 2.20. The van der Waals surface area contributed by atoms with Crippen LogP contribution < -0.4 is 10.6 Å². The second-order valence-electron chi connectivity index (χ2n) is 11.1. The molecule has 0 aliphatic heterocycles. The van der Waals surface area contributed by atoms with E-state index < -0.39 is 6.04 Å². The third kappa shape index (κ3) is 10.5. The van der Waals surface area contributed by atoms with Gasteiger partial charge in [0.25, 0.3) is 0 Å². The van der Waals surface area contributed by atoms with E-state index in [0.717, 1.165) is 65.4 Å². The molecule has 0 aliphatic rings. The Balaban J connectivity index is 1.66. The number of amides is 2. The van der Waals surface area contributed by atoms with Crippen LogP contribution in [0.3, 0.4) is 0 Å². The molecule has 3 aromatic rings. The maximum absolute atomic E-state index is 13.3. The Kier molecular flexibility index (Phi) is 12.6.